The van der Waals surface area contributed by atoms with Crippen molar-refractivity contribution in [2.75, 3.05) is 39.6 Å². The van der Waals surface area contributed by atoms with E-state index in [9.17, 15) is 43.2 Å². The Kier molecular flexibility index (Phi) is 77.5. The molecule has 3 N–H and O–H groups in total. The maximum absolute atomic E-state index is 13.1. The van der Waals surface area contributed by atoms with Gasteiger partial charge >= 0.3 is 39.5 Å². The number of rotatable bonds is 76. The van der Waals surface area contributed by atoms with Crippen molar-refractivity contribution < 1.29 is 80.2 Å². The predicted molar refractivity (Wildman–Crippen MR) is 463 cm³/mol. The third-order valence-corrected chi connectivity index (χ3v) is 18.3. The van der Waals surface area contributed by atoms with Crippen LogP contribution in [0.5, 0.6) is 0 Å². The Morgan fingerprint density at radius 2 is 0.482 bits per heavy atom. The molecule has 0 aliphatic rings. The monoisotopic (exact) mass is 1600 g/mol. The smallest absolute Gasteiger partial charge is 0.462 e. The highest BCUT2D eigenvalue weighted by Gasteiger charge is 2.30. The largest absolute Gasteiger partial charge is 0.472 e. The first-order valence-electron chi connectivity index (χ1n) is 42.0. The first kappa shape index (κ1) is 105. The Bertz CT molecular complexity index is 2990. The molecular weight excluding hydrogens is 1450 g/mol. The maximum Gasteiger partial charge on any atom is 0.472 e. The van der Waals surface area contributed by atoms with E-state index < -0.39 is 97.5 Å². The van der Waals surface area contributed by atoms with Gasteiger partial charge in [-0.3, -0.25) is 37.3 Å². The van der Waals surface area contributed by atoms with Crippen LogP contribution >= 0.6 is 15.6 Å². The molecule has 0 radical (unpaired) electrons. The van der Waals surface area contributed by atoms with Crippen LogP contribution in [0.4, 0.5) is 0 Å². The Morgan fingerprint density at radius 1 is 0.259 bits per heavy atom. The van der Waals surface area contributed by atoms with Gasteiger partial charge in [-0.25, -0.2) is 9.13 Å². The van der Waals surface area contributed by atoms with Crippen LogP contribution in [0, 0.1) is 0 Å². The Morgan fingerprint density at radius 3 is 0.768 bits per heavy atom. The zero-order valence-electron chi connectivity index (χ0n) is 69.0. The molecule has 0 saturated heterocycles. The first-order valence-corrected chi connectivity index (χ1v) is 45.0. The van der Waals surface area contributed by atoms with Crippen molar-refractivity contribution in [3.8, 4) is 0 Å². The zero-order valence-corrected chi connectivity index (χ0v) is 70.8. The van der Waals surface area contributed by atoms with Gasteiger partial charge in [-0.15, -0.1) is 0 Å². The molecule has 0 fully saturated rings. The van der Waals surface area contributed by atoms with Crippen molar-refractivity contribution in [2.45, 2.75) is 303 Å². The summed E-state index contributed by atoms with van der Waals surface area (Å²) in [6.45, 7) is 4.29. The molecule has 0 bridgehead atoms. The number of allylic oxidation sites excluding steroid dienone is 36. The third kappa shape index (κ3) is 81.4. The van der Waals surface area contributed by atoms with Crippen LogP contribution in [0.25, 0.3) is 0 Å². The molecule has 0 aromatic rings. The minimum atomic E-state index is -5.03. The van der Waals surface area contributed by atoms with Crippen LogP contribution in [-0.2, 0) is 65.4 Å². The van der Waals surface area contributed by atoms with Crippen molar-refractivity contribution in [2.24, 2.45) is 0 Å². The summed E-state index contributed by atoms with van der Waals surface area (Å²) in [5, 5.41) is 10.7. The normalized spacial score (nSPS) is 14.9. The standard InChI is InChI=1S/C93H146O17P2/c1-5-9-13-17-21-25-29-33-37-40-43-46-50-53-57-61-65-69-73-77-90(95)103-83-88(109-92(97)79-75-71-67-63-59-55-49-36-32-28-24-20-16-12-8-4)85-107-111(99,100)105-81-87(94)82-106-112(101,102)108-86-89(110-93(98)80-76-72-68-64-60-56-52-48-45-42-39-35-31-27-23-19-15-11-7-3)84-104-91(96)78-74-70-66-62-58-54-51-47-44-41-38-34-30-26-22-18-14-10-6-2/h9-11,13-15,21-23,25-27,33-39,43-49,53-54,56-58,60,65-66,69-70,87-89,94H,5-8,12,16-20,24,28-32,40-42,50-52,55,59,61-64,67-68,71-86H2,1-4H3,(H,99,100)(H,101,102)/b13-9-,14-10-,15-11-,25-21-,26-22-,27-23-,37-33-,38-34-,39-35-,46-43-,47-44-,48-45-,49-36-,57-53-,58-54-,60-56-,69-65-,70-66-/t87-,88+,89+/m0/s1. The molecular formula is C93H146O17P2. The molecule has 5 atom stereocenters. The molecule has 112 heavy (non-hydrogen) atoms. The lowest BCUT2D eigenvalue weighted by atomic mass is 10.1. The summed E-state index contributed by atoms with van der Waals surface area (Å²) in [6, 6.07) is 0. The van der Waals surface area contributed by atoms with Gasteiger partial charge in [0.15, 0.2) is 12.2 Å². The number of unbranched alkanes of at least 4 members (excludes halogenated alkanes) is 14. The highest BCUT2D eigenvalue weighted by Crippen LogP contribution is 2.45. The van der Waals surface area contributed by atoms with E-state index in [2.05, 4.69) is 210 Å². The highest BCUT2D eigenvalue weighted by atomic mass is 31.2. The third-order valence-electron chi connectivity index (χ3n) is 16.4. The lowest BCUT2D eigenvalue weighted by Gasteiger charge is -2.21. The van der Waals surface area contributed by atoms with Crippen LogP contribution in [0.1, 0.15) is 285 Å². The number of aliphatic hydroxyl groups is 1. The number of hydrogen-bond acceptors (Lipinski definition) is 15. The van der Waals surface area contributed by atoms with Crippen LogP contribution < -0.4 is 0 Å². The van der Waals surface area contributed by atoms with E-state index in [1.165, 1.54) is 38.5 Å². The Balaban J connectivity index is 5.58. The van der Waals surface area contributed by atoms with Gasteiger partial charge in [0.1, 0.15) is 19.3 Å². The quantitative estimate of drug-likeness (QED) is 0.0169. The number of carbonyl (C=O) groups is 4. The van der Waals surface area contributed by atoms with E-state index in [0.717, 1.165) is 154 Å². The molecule has 19 heteroatoms. The second-order valence-electron chi connectivity index (χ2n) is 26.9. The summed E-state index contributed by atoms with van der Waals surface area (Å²) in [5.41, 5.74) is 0. The van der Waals surface area contributed by atoms with Crippen molar-refractivity contribution in [3.05, 3.63) is 219 Å². The molecule has 630 valence electrons. The highest BCUT2D eigenvalue weighted by molar-refractivity contribution is 7.47. The molecule has 0 heterocycles. The lowest BCUT2D eigenvalue weighted by molar-refractivity contribution is -0.161. The van der Waals surface area contributed by atoms with Crippen LogP contribution in [0.3, 0.4) is 0 Å². The SMILES string of the molecule is CC/C=C\C/C=C\C/C=C\C/C=C\C/C=C\C/C=C\CCC(=O)OC[C@H](COP(=O)(O)OC[C@@H](O)COP(=O)(O)OC[C@@H](COC(=O)CC/C=C\C/C=C\C/C=C\C/C=C\C/C=C\C/C=C\CC)OC(=O)CCCCCCC/C=C\CCCCCCCC)OC(=O)CCCCC/C=C\C/C=C\C/C=C\C/C=C\C/C=C\CC. The van der Waals surface area contributed by atoms with Crippen molar-refractivity contribution in [3.63, 3.8) is 0 Å². The van der Waals surface area contributed by atoms with Crippen molar-refractivity contribution in [1.82, 2.24) is 0 Å². The Labute approximate surface area is 677 Å². The number of hydrogen-bond donors (Lipinski definition) is 3. The average Bonchev–Trinajstić information content (AvgIpc) is 0.898. The van der Waals surface area contributed by atoms with Crippen molar-refractivity contribution in [1.29, 1.82) is 0 Å². The van der Waals surface area contributed by atoms with Gasteiger partial charge < -0.3 is 33.8 Å². The average molecular weight is 1600 g/mol. The van der Waals surface area contributed by atoms with Gasteiger partial charge in [0.2, 0.25) is 0 Å². The summed E-state index contributed by atoms with van der Waals surface area (Å²) in [6.07, 6.45) is 105. The second kappa shape index (κ2) is 82.4. The summed E-state index contributed by atoms with van der Waals surface area (Å²) in [7, 11) is -10.0. The molecule has 0 spiro atoms. The van der Waals surface area contributed by atoms with Crippen LogP contribution in [-0.4, -0.2) is 96.7 Å². The maximum atomic E-state index is 13.1. The van der Waals surface area contributed by atoms with Gasteiger partial charge in [0.25, 0.3) is 0 Å². The molecule has 0 saturated carbocycles. The van der Waals surface area contributed by atoms with Crippen LogP contribution in [0.15, 0.2) is 219 Å². The molecule has 0 aliphatic heterocycles. The summed E-state index contributed by atoms with van der Waals surface area (Å²) >= 11 is 0. The van der Waals surface area contributed by atoms with Crippen molar-refractivity contribution >= 4 is 39.5 Å². The van der Waals surface area contributed by atoms with E-state index in [1.807, 2.05) is 36.5 Å². The lowest BCUT2D eigenvalue weighted by Crippen LogP contribution is -2.30. The van der Waals surface area contributed by atoms with Crippen LogP contribution in [0.2, 0.25) is 0 Å². The molecule has 0 rings (SSSR count). The molecule has 17 nitrogen and oxygen atoms in total. The van der Waals surface area contributed by atoms with E-state index >= 15 is 0 Å². The van der Waals surface area contributed by atoms with Gasteiger partial charge in [-0.1, -0.05) is 304 Å². The predicted octanol–water partition coefficient (Wildman–Crippen LogP) is 25.2. The van der Waals surface area contributed by atoms with E-state index in [1.54, 1.807) is 0 Å². The van der Waals surface area contributed by atoms with E-state index in [0.29, 0.717) is 38.5 Å². The van der Waals surface area contributed by atoms with Gasteiger partial charge in [0, 0.05) is 25.7 Å². The van der Waals surface area contributed by atoms with Gasteiger partial charge in [-0.2, -0.15) is 0 Å². The topological polar surface area (TPSA) is 237 Å². The fraction of sp³-hybridized carbons (Fsp3) is 0.570. The summed E-state index contributed by atoms with van der Waals surface area (Å²) in [4.78, 5) is 73.2. The number of carbonyl (C=O) groups excluding carboxylic acids is 4. The summed E-state index contributed by atoms with van der Waals surface area (Å²) in [5.74, 6) is -2.44. The molecule has 0 aliphatic carbocycles. The van der Waals surface area contributed by atoms with E-state index in [4.69, 9.17) is 37.0 Å². The van der Waals surface area contributed by atoms with Gasteiger partial charge in [0.05, 0.1) is 26.4 Å². The minimum Gasteiger partial charge on any atom is -0.462 e. The zero-order chi connectivity index (χ0) is 81.7. The molecule has 0 aromatic heterocycles. The number of ether oxygens (including phenoxy) is 4. The summed E-state index contributed by atoms with van der Waals surface area (Å²) < 4.78 is 68.6. The number of esters is 4. The fourth-order valence-corrected chi connectivity index (χ4v) is 11.8. The second-order valence-corrected chi connectivity index (χ2v) is 29.8. The number of phosphoric acid groups is 2. The number of aliphatic hydroxyl groups excluding tert-OH is 1. The molecule has 2 unspecified atom stereocenters. The molecule has 0 amide bonds. The van der Waals surface area contributed by atoms with E-state index in [-0.39, 0.29) is 25.7 Å². The first-order chi connectivity index (χ1) is 54.7. The Hall–Kier alpha value is -6.62. The molecule has 0 aromatic carbocycles. The minimum absolute atomic E-state index is 0.0174. The fourth-order valence-electron chi connectivity index (χ4n) is 10.2. The van der Waals surface area contributed by atoms with Gasteiger partial charge in [-0.05, 0) is 173 Å². The number of phosphoric ester groups is 2.